The van der Waals surface area contributed by atoms with Crippen LogP contribution in [0.25, 0.3) is 5.82 Å². The molecular weight excluding hydrogens is 548 g/mol. The Bertz CT molecular complexity index is 1510. The maximum absolute atomic E-state index is 15.0. The molecule has 0 fully saturated rings. The number of hydrogen-bond acceptors (Lipinski definition) is 9. The molecule has 1 aliphatic heterocycles. The van der Waals surface area contributed by atoms with Gasteiger partial charge < -0.3 is 35.4 Å². The maximum Gasteiger partial charge on any atom is 0.239 e. The van der Waals surface area contributed by atoms with Crippen molar-refractivity contribution in [2.45, 2.75) is 26.8 Å². The molecule has 0 saturated heterocycles. The topological polar surface area (TPSA) is 130 Å². The number of ether oxygens (including phenoxy) is 2. The van der Waals surface area contributed by atoms with E-state index in [-0.39, 0.29) is 25.5 Å². The van der Waals surface area contributed by atoms with Crippen LogP contribution >= 0.6 is 0 Å². The van der Waals surface area contributed by atoms with Crippen LogP contribution < -0.4 is 36.0 Å². The third kappa shape index (κ3) is 7.53. The molecule has 0 bridgehead atoms. The Balaban J connectivity index is 1.67. The summed E-state index contributed by atoms with van der Waals surface area (Å²) >= 11 is 0. The fourth-order valence-corrected chi connectivity index (χ4v) is 4.77. The number of aromatic nitrogens is 2. The Labute approximate surface area is 242 Å². The van der Waals surface area contributed by atoms with Crippen LogP contribution in [-0.4, -0.2) is 72.3 Å². The molecule has 4 N–H and O–H groups in total. The van der Waals surface area contributed by atoms with Gasteiger partial charge in [0.2, 0.25) is 5.91 Å². The van der Waals surface area contributed by atoms with E-state index >= 15 is 0 Å². The molecular formula is C29H37F2N7O4. The van der Waals surface area contributed by atoms with E-state index in [1.807, 2.05) is 0 Å². The van der Waals surface area contributed by atoms with E-state index in [0.29, 0.717) is 52.7 Å². The summed E-state index contributed by atoms with van der Waals surface area (Å²) in [5.74, 6) is -0.738. The average molecular weight is 586 g/mol. The molecule has 0 aliphatic carbocycles. The number of primary amides is 1. The number of amides is 1. The lowest BCUT2D eigenvalue weighted by Gasteiger charge is -2.29. The molecule has 0 unspecified atom stereocenters. The SMILES string of the molecule is COc1cc2c(cc1OCCCN(CCO)CC(C)C)=NCN(c1cccc(F)c1F)C=2Nc1cnn(CC(N)=O)c1. The van der Waals surface area contributed by atoms with Crippen molar-refractivity contribution < 1.29 is 28.2 Å². The number of benzene rings is 2. The van der Waals surface area contributed by atoms with Crippen LogP contribution in [0.2, 0.25) is 0 Å². The van der Waals surface area contributed by atoms with E-state index < -0.39 is 17.5 Å². The maximum atomic E-state index is 15.0. The number of carbonyl (C=O) groups excluding carboxylic acids is 1. The van der Waals surface area contributed by atoms with Crippen LogP contribution in [0, 0.1) is 17.6 Å². The van der Waals surface area contributed by atoms with E-state index in [1.54, 1.807) is 18.3 Å². The number of carbonyl (C=O) groups is 1. The third-order valence-corrected chi connectivity index (χ3v) is 6.54. The molecule has 0 spiro atoms. The molecule has 2 heterocycles. The van der Waals surface area contributed by atoms with Crippen LogP contribution in [0.4, 0.5) is 20.2 Å². The van der Waals surface area contributed by atoms with Crippen molar-refractivity contribution in [1.29, 1.82) is 0 Å². The minimum absolute atomic E-state index is 0.00967. The number of aliphatic hydroxyl groups is 1. The van der Waals surface area contributed by atoms with E-state index in [4.69, 9.17) is 15.2 Å². The van der Waals surface area contributed by atoms with Crippen LogP contribution in [0.15, 0.2) is 47.7 Å². The van der Waals surface area contributed by atoms with Gasteiger partial charge in [-0.05, 0) is 30.5 Å². The van der Waals surface area contributed by atoms with Crippen molar-refractivity contribution >= 4 is 23.1 Å². The highest BCUT2D eigenvalue weighted by Gasteiger charge is 2.23. The molecule has 0 atom stereocenters. The van der Waals surface area contributed by atoms with Gasteiger partial charge >= 0.3 is 0 Å². The van der Waals surface area contributed by atoms with Crippen molar-refractivity contribution in [2.75, 3.05) is 56.8 Å². The summed E-state index contributed by atoms with van der Waals surface area (Å²) in [6.45, 7) is 6.93. The number of aliphatic hydroxyl groups excluding tert-OH is 1. The predicted molar refractivity (Wildman–Crippen MR) is 154 cm³/mol. The molecule has 0 saturated carbocycles. The Hall–Kier alpha value is -4.23. The molecule has 3 aromatic rings. The molecule has 13 heteroatoms. The van der Waals surface area contributed by atoms with Crippen molar-refractivity contribution in [3.63, 3.8) is 0 Å². The largest absolute Gasteiger partial charge is 0.493 e. The number of hydrogen-bond donors (Lipinski definition) is 3. The molecule has 4 rings (SSSR count). The standard InChI is InChI=1S/C29H37F2N7O4/c1-19(2)15-36(9-10-39)8-5-11-42-26-13-23-21(12-25(26)41-3)29(35-20-14-34-37(16-20)17-27(32)40)38(18-33-23)24-7-4-6-22(30)28(24)31/h4,6-7,12-14,16,19,35,39H,5,8-11,15,17-18H2,1-3H3,(H2,32,40). The second kappa shape index (κ2) is 14.1. The summed E-state index contributed by atoms with van der Waals surface area (Å²) in [5.41, 5.74) is 5.77. The van der Waals surface area contributed by atoms with E-state index in [2.05, 4.69) is 34.2 Å². The number of nitrogens with one attached hydrogen (secondary N) is 1. The Morgan fingerprint density at radius 3 is 2.76 bits per heavy atom. The fraction of sp³-hybridized carbons (Fsp3) is 0.414. The Morgan fingerprint density at radius 2 is 2.05 bits per heavy atom. The van der Waals surface area contributed by atoms with Crippen molar-refractivity contribution in [3.05, 3.63) is 64.9 Å². The smallest absolute Gasteiger partial charge is 0.239 e. The number of nitrogens with two attached hydrogens (primary N) is 1. The summed E-state index contributed by atoms with van der Waals surface area (Å²) in [6, 6.07) is 7.42. The molecule has 11 nitrogen and oxygen atoms in total. The first kappa shape index (κ1) is 30.7. The van der Waals surface area contributed by atoms with Crippen LogP contribution in [0.3, 0.4) is 0 Å². The number of halogens is 2. The molecule has 1 amide bonds. The third-order valence-electron chi connectivity index (χ3n) is 6.54. The second-order valence-corrected chi connectivity index (χ2v) is 10.3. The summed E-state index contributed by atoms with van der Waals surface area (Å²) in [5, 5.41) is 17.8. The highest BCUT2D eigenvalue weighted by molar-refractivity contribution is 5.78. The first-order valence-corrected chi connectivity index (χ1v) is 13.7. The van der Waals surface area contributed by atoms with Crippen LogP contribution in [0.1, 0.15) is 20.3 Å². The second-order valence-electron chi connectivity index (χ2n) is 10.3. The minimum Gasteiger partial charge on any atom is -0.493 e. The van der Waals surface area contributed by atoms with Gasteiger partial charge in [-0.15, -0.1) is 0 Å². The quantitative estimate of drug-likeness (QED) is 0.230. The van der Waals surface area contributed by atoms with Gasteiger partial charge in [-0.3, -0.25) is 14.5 Å². The first-order valence-electron chi connectivity index (χ1n) is 13.7. The van der Waals surface area contributed by atoms with Gasteiger partial charge in [0.15, 0.2) is 23.1 Å². The van der Waals surface area contributed by atoms with E-state index in [1.165, 1.54) is 35.0 Å². The minimum atomic E-state index is -1.01. The van der Waals surface area contributed by atoms with E-state index in [9.17, 15) is 18.7 Å². The monoisotopic (exact) mass is 585 g/mol. The van der Waals surface area contributed by atoms with Crippen LogP contribution in [-0.2, 0) is 11.3 Å². The predicted octanol–water partition coefficient (Wildman–Crippen LogP) is 1.65. The molecule has 226 valence electrons. The van der Waals surface area contributed by atoms with Gasteiger partial charge in [-0.1, -0.05) is 19.9 Å². The van der Waals surface area contributed by atoms with Gasteiger partial charge in [0.05, 0.1) is 43.3 Å². The summed E-state index contributed by atoms with van der Waals surface area (Å²) in [7, 11) is 1.52. The molecule has 0 radical (unpaired) electrons. The van der Waals surface area contributed by atoms with Gasteiger partial charge in [0.1, 0.15) is 19.0 Å². The van der Waals surface area contributed by atoms with Crippen molar-refractivity contribution in [3.8, 4) is 11.5 Å². The number of fused-ring (bicyclic) bond motifs is 1. The number of anilines is 2. The summed E-state index contributed by atoms with van der Waals surface area (Å²) in [6.07, 6.45) is 3.82. The Morgan fingerprint density at radius 1 is 1.24 bits per heavy atom. The van der Waals surface area contributed by atoms with E-state index in [0.717, 1.165) is 25.6 Å². The van der Waals surface area contributed by atoms with Gasteiger partial charge in [-0.25, -0.2) is 8.78 Å². The zero-order valence-electron chi connectivity index (χ0n) is 24.0. The molecule has 1 aliphatic rings. The van der Waals surface area contributed by atoms with Gasteiger partial charge in [-0.2, -0.15) is 5.10 Å². The van der Waals surface area contributed by atoms with Gasteiger partial charge in [0, 0.05) is 37.1 Å². The fourth-order valence-electron chi connectivity index (χ4n) is 4.77. The highest BCUT2D eigenvalue weighted by atomic mass is 19.2. The molecule has 1 aromatic heterocycles. The van der Waals surface area contributed by atoms with Crippen molar-refractivity contribution in [2.24, 2.45) is 16.6 Å². The average Bonchev–Trinajstić information content (AvgIpc) is 3.38. The zero-order chi connectivity index (χ0) is 30.2. The number of nitrogens with zero attached hydrogens (tertiary/aromatic N) is 5. The Kier molecular flexibility index (Phi) is 10.3. The molecule has 2 aromatic carbocycles. The zero-order valence-corrected chi connectivity index (χ0v) is 24.0. The lowest BCUT2D eigenvalue weighted by molar-refractivity contribution is -0.118. The summed E-state index contributed by atoms with van der Waals surface area (Å²) in [4.78, 5) is 19.7. The lowest BCUT2D eigenvalue weighted by Crippen LogP contribution is -2.43. The van der Waals surface area contributed by atoms with Gasteiger partial charge in [0.25, 0.3) is 0 Å². The summed E-state index contributed by atoms with van der Waals surface area (Å²) < 4.78 is 42.3. The van der Waals surface area contributed by atoms with Crippen molar-refractivity contribution in [1.82, 2.24) is 14.7 Å². The number of methoxy groups -OCH3 is 1. The first-order chi connectivity index (χ1) is 20.2. The lowest BCUT2D eigenvalue weighted by atomic mass is 10.2. The highest BCUT2D eigenvalue weighted by Crippen LogP contribution is 2.28. The van der Waals surface area contributed by atoms with Crippen LogP contribution in [0.5, 0.6) is 11.5 Å². The normalized spacial score (nSPS) is 12.9. The molecule has 42 heavy (non-hydrogen) atoms. The number of rotatable bonds is 15.